The van der Waals surface area contributed by atoms with Gasteiger partial charge in [-0.1, -0.05) is 309 Å². The lowest BCUT2D eigenvalue weighted by Gasteiger charge is -2.22. The minimum atomic E-state index is -0.672. The number of nitrogens with one attached hydrogen (secondary N) is 1. The zero-order chi connectivity index (χ0) is 50.7. The first-order chi connectivity index (χ1) is 34.5. The summed E-state index contributed by atoms with van der Waals surface area (Å²) in [4.78, 5) is 24.6. The van der Waals surface area contributed by atoms with Gasteiger partial charge in [0.1, 0.15) is 0 Å². The number of amides is 1. The molecule has 0 saturated heterocycles. The molecule has 1 amide bonds. The molecule has 6 heteroatoms. The van der Waals surface area contributed by atoms with Crippen LogP contribution in [0.25, 0.3) is 0 Å². The van der Waals surface area contributed by atoms with Gasteiger partial charge >= 0.3 is 5.97 Å². The number of carbonyl (C=O) groups excluding carboxylic acids is 2. The molecule has 2 atom stereocenters. The van der Waals surface area contributed by atoms with Crippen molar-refractivity contribution in [2.75, 3.05) is 13.2 Å². The van der Waals surface area contributed by atoms with E-state index in [2.05, 4.69) is 31.3 Å². The molecule has 0 spiro atoms. The van der Waals surface area contributed by atoms with Gasteiger partial charge in [-0.15, -0.1) is 0 Å². The number of ether oxygens (including phenoxy) is 1. The van der Waals surface area contributed by atoms with Gasteiger partial charge < -0.3 is 20.3 Å². The lowest BCUT2D eigenvalue weighted by Crippen LogP contribution is -2.45. The highest BCUT2D eigenvalue weighted by molar-refractivity contribution is 5.76. The lowest BCUT2D eigenvalue weighted by atomic mass is 10.0. The minimum absolute atomic E-state index is 0.00219. The van der Waals surface area contributed by atoms with E-state index in [0.717, 1.165) is 51.4 Å². The average Bonchev–Trinajstić information content (AvgIpc) is 3.36. The maximum atomic E-state index is 12.5. The van der Waals surface area contributed by atoms with E-state index < -0.39 is 12.1 Å². The average molecular weight is 989 g/mol. The standard InChI is InChI=1S/C64H125NO5/c1-3-5-7-9-11-13-15-17-19-20-21-22-23-25-29-32-36-40-44-48-52-56-62(67)61(60-66)65-63(68)57-53-49-45-41-37-33-30-26-24-27-31-35-39-43-47-51-55-59-70-64(69)58-54-50-46-42-38-34-28-18-16-14-12-10-8-6-4-2/h24,27,61-62,66-67H,3-23,25-26,28-60H2,1-2H3,(H,65,68)/b27-24-. The number of aliphatic hydroxyl groups is 2. The Morgan fingerprint density at radius 1 is 0.386 bits per heavy atom. The maximum Gasteiger partial charge on any atom is 0.305 e. The van der Waals surface area contributed by atoms with Crippen LogP contribution in [-0.4, -0.2) is 47.4 Å². The molecule has 3 N–H and O–H groups in total. The van der Waals surface area contributed by atoms with Gasteiger partial charge in [0.25, 0.3) is 0 Å². The van der Waals surface area contributed by atoms with E-state index in [0.29, 0.717) is 25.9 Å². The zero-order valence-corrected chi connectivity index (χ0v) is 47.5. The van der Waals surface area contributed by atoms with Crippen LogP contribution in [0.2, 0.25) is 0 Å². The molecule has 0 aromatic carbocycles. The van der Waals surface area contributed by atoms with Crippen molar-refractivity contribution in [3.05, 3.63) is 12.2 Å². The van der Waals surface area contributed by atoms with Gasteiger partial charge in [-0.3, -0.25) is 9.59 Å². The lowest BCUT2D eigenvalue weighted by molar-refractivity contribution is -0.143. The first-order valence-electron chi connectivity index (χ1n) is 31.9. The van der Waals surface area contributed by atoms with E-state index >= 15 is 0 Å². The van der Waals surface area contributed by atoms with Crippen molar-refractivity contribution in [2.24, 2.45) is 0 Å². The van der Waals surface area contributed by atoms with Gasteiger partial charge in [-0.25, -0.2) is 0 Å². The summed E-state index contributed by atoms with van der Waals surface area (Å²) in [5.74, 6) is -0.0407. The highest BCUT2D eigenvalue weighted by Crippen LogP contribution is 2.18. The Balaban J connectivity index is 3.44. The molecular formula is C64H125NO5. The van der Waals surface area contributed by atoms with E-state index in [1.54, 1.807) is 0 Å². The third-order valence-corrected chi connectivity index (χ3v) is 15.1. The van der Waals surface area contributed by atoms with Crippen LogP contribution in [0.3, 0.4) is 0 Å². The van der Waals surface area contributed by atoms with Crippen molar-refractivity contribution >= 4 is 11.9 Å². The number of carbonyl (C=O) groups is 2. The van der Waals surface area contributed by atoms with Crippen LogP contribution in [0.4, 0.5) is 0 Å². The number of rotatable bonds is 60. The molecule has 0 heterocycles. The second kappa shape index (κ2) is 60.2. The molecule has 0 fully saturated rings. The molecule has 0 aliphatic heterocycles. The summed E-state index contributed by atoms with van der Waals surface area (Å²) < 4.78 is 5.48. The third-order valence-electron chi connectivity index (χ3n) is 15.1. The first-order valence-corrected chi connectivity index (χ1v) is 31.9. The molecule has 0 aliphatic rings. The summed E-state index contributed by atoms with van der Waals surface area (Å²) in [7, 11) is 0. The van der Waals surface area contributed by atoms with Crippen molar-refractivity contribution in [2.45, 2.75) is 373 Å². The van der Waals surface area contributed by atoms with E-state index in [1.807, 2.05) is 0 Å². The summed E-state index contributed by atoms with van der Waals surface area (Å²) >= 11 is 0. The number of aliphatic hydroxyl groups excluding tert-OH is 2. The molecule has 0 aliphatic carbocycles. The quantitative estimate of drug-likeness (QED) is 0.0321. The van der Waals surface area contributed by atoms with E-state index in [4.69, 9.17) is 4.74 Å². The fraction of sp³-hybridized carbons (Fsp3) is 0.938. The summed E-state index contributed by atoms with van der Waals surface area (Å²) in [6.07, 6.45) is 72.2. The molecule has 0 aromatic rings. The number of esters is 1. The van der Waals surface area contributed by atoms with Gasteiger partial charge in [0.2, 0.25) is 5.91 Å². The smallest absolute Gasteiger partial charge is 0.305 e. The number of hydrogen-bond donors (Lipinski definition) is 3. The molecule has 2 unspecified atom stereocenters. The number of hydrogen-bond acceptors (Lipinski definition) is 5. The van der Waals surface area contributed by atoms with E-state index in [9.17, 15) is 19.8 Å². The Morgan fingerprint density at radius 3 is 1.01 bits per heavy atom. The molecule has 70 heavy (non-hydrogen) atoms. The third kappa shape index (κ3) is 55.9. The van der Waals surface area contributed by atoms with E-state index in [-0.39, 0.29) is 18.5 Å². The van der Waals surface area contributed by atoms with Crippen LogP contribution < -0.4 is 5.32 Å². The topological polar surface area (TPSA) is 95.9 Å². The Bertz CT molecular complexity index is 1050. The normalized spacial score (nSPS) is 12.6. The first kappa shape index (κ1) is 68.6. The van der Waals surface area contributed by atoms with Crippen molar-refractivity contribution in [3.8, 4) is 0 Å². The van der Waals surface area contributed by atoms with Crippen molar-refractivity contribution in [1.82, 2.24) is 5.32 Å². The van der Waals surface area contributed by atoms with Crippen molar-refractivity contribution < 1.29 is 24.5 Å². The minimum Gasteiger partial charge on any atom is -0.466 e. The van der Waals surface area contributed by atoms with Gasteiger partial charge in [0, 0.05) is 12.8 Å². The fourth-order valence-corrected chi connectivity index (χ4v) is 10.2. The summed E-state index contributed by atoms with van der Waals surface area (Å²) in [5, 5.41) is 23.4. The van der Waals surface area contributed by atoms with Crippen LogP contribution in [0, 0.1) is 0 Å². The Hall–Kier alpha value is -1.40. The second-order valence-corrected chi connectivity index (χ2v) is 22.1. The van der Waals surface area contributed by atoms with Crippen LogP contribution in [0.5, 0.6) is 0 Å². The Kier molecular flexibility index (Phi) is 59.0. The fourth-order valence-electron chi connectivity index (χ4n) is 10.2. The molecule has 0 saturated carbocycles. The SMILES string of the molecule is CCCCCCCCCCCCCCCCCCCCCCCC(O)C(CO)NC(=O)CCCCCCCCC/C=C\CCCCCCCCOC(=O)CCCCCCCCCCCCCCCCC. The summed E-state index contributed by atoms with van der Waals surface area (Å²) in [5.41, 5.74) is 0. The largest absolute Gasteiger partial charge is 0.466 e. The van der Waals surface area contributed by atoms with Crippen molar-refractivity contribution in [1.29, 1.82) is 0 Å². The van der Waals surface area contributed by atoms with Gasteiger partial charge in [0.15, 0.2) is 0 Å². The van der Waals surface area contributed by atoms with Crippen molar-refractivity contribution in [3.63, 3.8) is 0 Å². The van der Waals surface area contributed by atoms with Crippen LogP contribution in [-0.2, 0) is 14.3 Å². The number of allylic oxidation sites excluding steroid dienone is 2. The van der Waals surface area contributed by atoms with Crippen LogP contribution in [0.1, 0.15) is 361 Å². The Morgan fingerprint density at radius 2 is 0.671 bits per heavy atom. The Labute approximate surface area is 438 Å². The molecular weight excluding hydrogens is 863 g/mol. The number of unbranched alkanes of at least 4 members (excludes halogenated alkanes) is 47. The molecule has 416 valence electrons. The highest BCUT2D eigenvalue weighted by atomic mass is 16.5. The van der Waals surface area contributed by atoms with Crippen LogP contribution in [0.15, 0.2) is 12.2 Å². The van der Waals surface area contributed by atoms with Gasteiger partial charge in [-0.2, -0.15) is 0 Å². The molecule has 0 radical (unpaired) electrons. The van der Waals surface area contributed by atoms with E-state index in [1.165, 1.54) is 276 Å². The molecule has 0 bridgehead atoms. The maximum absolute atomic E-state index is 12.5. The molecule has 0 rings (SSSR count). The van der Waals surface area contributed by atoms with Gasteiger partial charge in [-0.05, 0) is 51.4 Å². The predicted molar refractivity (Wildman–Crippen MR) is 306 cm³/mol. The summed E-state index contributed by atoms with van der Waals surface area (Å²) in [6, 6.07) is -0.551. The molecule has 6 nitrogen and oxygen atoms in total. The predicted octanol–water partition coefficient (Wildman–Crippen LogP) is 20.0. The zero-order valence-electron chi connectivity index (χ0n) is 47.5. The second-order valence-electron chi connectivity index (χ2n) is 22.1. The monoisotopic (exact) mass is 988 g/mol. The molecule has 0 aromatic heterocycles. The summed E-state index contributed by atoms with van der Waals surface area (Å²) in [6.45, 7) is 4.97. The van der Waals surface area contributed by atoms with Crippen LogP contribution >= 0.6 is 0 Å². The van der Waals surface area contributed by atoms with Gasteiger partial charge in [0.05, 0.1) is 25.4 Å². The highest BCUT2D eigenvalue weighted by Gasteiger charge is 2.20.